The molecule has 0 aliphatic carbocycles. The first-order chi connectivity index (χ1) is 13.0. The molecule has 1 aliphatic heterocycles. The third kappa shape index (κ3) is 4.06. The minimum atomic E-state index is -1.68. The van der Waals surface area contributed by atoms with Crippen molar-refractivity contribution in [3.63, 3.8) is 0 Å². The number of amidine groups is 1. The van der Waals surface area contributed by atoms with Crippen molar-refractivity contribution in [2.75, 3.05) is 18.9 Å². The van der Waals surface area contributed by atoms with E-state index in [-0.39, 0.29) is 5.84 Å². The van der Waals surface area contributed by atoms with Crippen LogP contribution < -0.4 is 5.32 Å². The van der Waals surface area contributed by atoms with E-state index < -0.39 is 23.7 Å². The summed E-state index contributed by atoms with van der Waals surface area (Å²) in [6.07, 6.45) is 1.85. The van der Waals surface area contributed by atoms with Gasteiger partial charge in [0, 0.05) is 13.6 Å². The van der Waals surface area contributed by atoms with Crippen molar-refractivity contribution in [2.45, 2.75) is 18.9 Å². The number of thiophene rings is 1. The van der Waals surface area contributed by atoms with E-state index in [4.69, 9.17) is 5.11 Å². The number of nitrogens with zero attached hydrogens (tertiary/aromatic N) is 2. The van der Waals surface area contributed by atoms with Gasteiger partial charge >= 0.3 is 5.97 Å². The lowest BCUT2D eigenvalue weighted by Gasteiger charge is -2.25. The molecule has 3 rings (SSSR count). The SMILES string of the molecule is CN1C(=O)C(=O)C(C(=O)O)N=C1c1sccc1NCCCc1ccccc1. The number of benzene rings is 1. The second kappa shape index (κ2) is 8.13. The number of Topliss-reactive ketones (excluding diaryl/α,β-unsaturated/α-hetero) is 1. The third-order valence-electron chi connectivity index (χ3n) is 4.24. The van der Waals surface area contributed by atoms with Crippen LogP contribution in [-0.4, -0.2) is 53.1 Å². The molecule has 1 amide bonds. The Morgan fingerprint density at radius 2 is 2.00 bits per heavy atom. The first kappa shape index (κ1) is 18.8. The highest BCUT2D eigenvalue weighted by Crippen LogP contribution is 2.26. The van der Waals surface area contributed by atoms with Crippen LogP contribution in [0.15, 0.2) is 46.8 Å². The fraction of sp³-hybridized carbons (Fsp3) is 0.263. The molecular weight excluding hydrogens is 366 g/mol. The number of carboxylic acids is 1. The van der Waals surface area contributed by atoms with Gasteiger partial charge < -0.3 is 10.4 Å². The average molecular weight is 385 g/mol. The first-order valence-electron chi connectivity index (χ1n) is 8.47. The highest BCUT2D eigenvalue weighted by atomic mass is 32.1. The molecule has 8 heteroatoms. The normalized spacial score (nSPS) is 17.0. The van der Waals surface area contributed by atoms with Gasteiger partial charge in [-0.15, -0.1) is 11.3 Å². The summed E-state index contributed by atoms with van der Waals surface area (Å²) >= 11 is 1.34. The Balaban J connectivity index is 1.72. The van der Waals surface area contributed by atoms with Crippen molar-refractivity contribution in [1.82, 2.24) is 4.90 Å². The van der Waals surface area contributed by atoms with Gasteiger partial charge in [0.2, 0.25) is 6.04 Å². The molecule has 1 aromatic carbocycles. The average Bonchev–Trinajstić information content (AvgIpc) is 3.12. The number of aliphatic carboxylic acids is 1. The van der Waals surface area contributed by atoms with E-state index >= 15 is 0 Å². The van der Waals surface area contributed by atoms with Crippen LogP contribution in [-0.2, 0) is 20.8 Å². The van der Waals surface area contributed by atoms with Crippen molar-refractivity contribution in [1.29, 1.82) is 0 Å². The van der Waals surface area contributed by atoms with Gasteiger partial charge in [0.05, 0.1) is 10.6 Å². The van der Waals surface area contributed by atoms with E-state index in [1.54, 1.807) is 0 Å². The van der Waals surface area contributed by atoms with E-state index in [2.05, 4.69) is 22.4 Å². The van der Waals surface area contributed by atoms with E-state index in [1.165, 1.54) is 23.9 Å². The molecule has 0 spiro atoms. The summed E-state index contributed by atoms with van der Waals surface area (Å²) in [7, 11) is 1.43. The Morgan fingerprint density at radius 1 is 1.26 bits per heavy atom. The third-order valence-corrected chi connectivity index (χ3v) is 5.15. The van der Waals surface area contributed by atoms with Gasteiger partial charge in [-0.3, -0.25) is 14.5 Å². The summed E-state index contributed by atoms with van der Waals surface area (Å²) < 4.78 is 0. The Morgan fingerprint density at radius 3 is 2.70 bits per heavy atom. The van der Waals surface area contributed by atoms with Crippen molar-refractivity contribution in [3.8, 4) is 0 Å². The van der Waals surface area contributed by atoms with Gasteiger partial charge in [-0.05, 0) is 29.9 Å². The van der Waals surface area contributed by atoms with Crippen molar-refractivity contribution < 1.29 is 19.5 Å². The van der Waals surface area contributed by atoms with Crippen LogP contribution in [0.5, 0.6) is 0 Å². The van der Waals surface area contributed by atoms with Crippen LogP contribution in [0.25, 0.3) is 0 Å². The highest BCUT2D eigenvalue weighted by molar-refractivity contribution is 7.12. The Bertz CT molecular complexity index is 891. The first-order valence-corrected chi connectivity index (χ1v) is 9.35. The van der Waals surface area contributed by atoms with E-state index in [0.29, 0.717) is 11.4 Å². The van der Waals surface area contributed by atoms with Crippen molar-refractivity contribution in [3.05, 3.63) is 52.2 Å². The van der Waals surface area contributed by atoms with Crippen molar-refractivity contribution >= 4 is 40.5 Å². The van der Waals surface area contributed by atoms with Gasteiger partial charge in [-0.1, -0.05) is 30.3 Å². The fourth-order valence-electron chi connectivity index (χ4n) is 2.81. The van der Waals surface area contributed by atoms with Gasteiger partial charge in [-0.25, -0.2) is 9.79 Å². The van der Waals surface area contributed by atoms with Crippen LogP contribution >= 0.6 is 11.3 Å². The van der Waals surface area contributed by atoms with Crippen LogP contribution in [0.1, 0.15) is 16.9 Å². The lowest BCUT2D eigenvalue weighted by atomic mass is 10.1. The molecule has 2 heterocycles. The topological polar surface area (TPSA) is 99.1 Å². The second-order valence-electron chi connectivity index (χ2n) is 6.10. The molecule has 1 unspecified atom stereocenters. The van der Waals surface area contributed by atoms with Gasteiger partial charge in [-0.2, -0.15) is 0 Å². The maximum atomic E-state index is 12.1. The number of aryl methyl sites for hydroxylation is 1. The van der Waals surface area contributed by atoms with E-state index in [1.807, 2.05) is 29.6 Å². The highest BCUT2D eigenvalue weighted by Gasteiger charge is 2.40. The van der Waals surface area contributed by atoms with Crippen LogP contribution in [0.2, 0.25) is 0 Å². The number of aliphatic imine (C=N–C) groups is 1. The predicted octanol–water partition coefficient (Wildman–Crippen LogP) is 2.03. The Labute approximate surface area is 160 Å². The summed E-state index contributed by atoms with van der Waals surface area (Å²) in [6.45, 7) is 0.713. The van der Waals surface area contributed by atoms with E-state index in [0.717, 1.165) is 23.4 Å². The molecule has 7 nitrogen and oxygen atoms in total. The number of nitrogens with one attached hydrogen (secondary N) is 1. The number of anilines is 1. The standard InChI is InChI=1S/C19H19N3O4S/c1-22-17(21-14(19(25)26)15(23)18(22)24)16-13(9-11-27-16)20-10-5-8-12-6-3-2-4-7-12/h2-4,6-7,9,11,14,20H,5,8,10H2,1H3,(H,25,26). The molecule has 0 saturated carbocycles. The zero-order valence-corrected chi connectivity index (χ0v) is 15.5. The largest absolute Gasteiger partial charge is 0.479 e. The minimum Gasteiger partial charge on any atom is -0.479 e. The van der Waals surface area contributed by atoms with E-state index in [9.17, 15) is 14.4 Å². The van der Waals surface area contributed by atoms with Gasteiger partial charge in [0.25, 0.3) is 11.7 Å². The van der Waals surface area contributed by atoms with Gasteiger partial charge in [0.15, 0.2) is 5.84 Å². The Kier molecular flexibility index (Phi) is 5.66. The van der Waals surface area contributed by atoms with Crippen molar-refractivity contribution in [2.24, 2.45) is 4.99 Å². The number of amides is 1. The number of carbonyl (C=O) groups excluding carboxylic acids is 2. The predicted molar refractivity (Wildman–Crippen MR) is 103 cm³/mol. The molecule has 27 heavy (non-hydrogen) atoms. The second-order valence-corrected chi connectivity index (χ2v) is 7.02. The summed E-state index contributed by atoms with van der Waals surface area (Å²) in [5.41, 5.74) is 2.03. The van der Waals surface area contributed by atoms with Gasteiger partial charge in [0.1, 0.15) is 0 Å². The summed E-state index contributed by atoms with van der Waals surface area (Å²) in [4.78, 5) is 40.9. The summed E-state index contributed by atoms with van der Waals surface area (Å²) in [5, 5.41) is 14.3. The molecule has 1 aliphatic rings. The number of carboxylic acid groups (broad SMARTS) is 1. The minimum absolute atomic E-state index is 0.201. The number of hydrogen-bond acceptors (Lipinski definition) is 6. The maximum absolute atomic E-state index is 12.1. The molecule has 0 bridgehead atoms. The molecule has 0 fully saturated rings. The fourth-order valence-corrected chi connectivity index (χ4v) is 3.71. The molecule has 2 aromatic rings. The molecule has 0 radical (unpaired) electrons. The smallest absolute Gasteiger partial charge is 0.336 e. The number of ketones is 1. The number of likely N-dealkylation sites (N-methyl/N-ethyl adjacent to an activating group) is 1. The molecular formula is C19H19N3O4S. The lowest BCUT2D eigenvalue weighted by Crippen LogP contribution is -2.50. The molecule has 2 N–H and O–H groups in total. The Hall–Kier alpha value is -3.00. The lowest BCUT2D eigenvalue weighted by molar-refractivity contribution is -0.149. The van der Waals surface area contributed by atoms with Crippen LogP contribution in [0, 0.1) is 0 Å². The number of carbonyl (C=O) groups is 3. The maximum Gasteiger partial charge on any atom is 0.336 e. The quantitative estimate of drug-likeness (QED) is 0.432. The molecule has 1 atom stereocenters. The molecule has 140 valence electrons. The zero-order valence-electron chi connectivity index (χ0n) is 14.7. The number of hydrogen-bond donors (Lipinski definition) is 2. The molecule has 0 saturated heterocycles. The zero-order chi connectivity index (χ0) is 19.4. The van der Waals surface area contributed by atoms with Crippen LogP contribution in [0.3, 0.4) is 0 Å². The summed E-state index contributed by atoms with van der Waals surface area (Å²) in [5.74, 6) is -3.11. The monoisotopic (exact) mass is 385 g/mol. The summed E-state index contributed by atoms with van der Waals surface area (Å²) in [6, 6.07) is 10.3. The molecule has 1 aromatic heterocycles. The van der Waals surface area contributed by atoms with Crippen LogP contribution in [0.4, 0.5) is 5.69 Å². The number of rotatable bonds is 7.